The Balaban J connectivity index is 2.86. The van der Waals surface area contributed by atoms with Gasteiger partial charge in [-0.05, 0) is 12.1 Å². The molecule has 4 heteroatoms. The lowest BCUT2D eigenvalue weighted by Gasteiger charge is -2.05. The molecule has 0 unspecified atom stereocenters. The van der Waals surface area contributed by atoms with Gasteiger partial charge in [-0.3, -0.25) is 4.98 Å². The maximum absolute atomic E-state index is 8.68. The summed E-state index contributed by atoms with van der Waals surface area (Å²) in [6.07, 6.45) is 1.44. The van der Waals surface area contributed by atoms with Gasteiger partial charge in [0.25, 0.3) is 0 Å². The Labute approximate surface area is 70.3 Å². The van der Waals surface area contributed by atoms with Crippen LogP contribution in [0.5, 0.6) is 0 Å². The van der Waals surface area contributed by atoms with E-state index in [-0.39, 0.29) is 6.61 Å². The second kappa shape index (κ2) is 3.81. The number of nitrogens with zero attached hydrogens (tertiary/aromatic N) is 2. The number of aromatic nitrogens is 1. The standard InChI is InChI=1S/C8H9N3O/c9-3-6-1-2-8(11-4-6)7(10)5-12/h1-2,4,7,12H,5,10H2/t7-/m1/s1. The quantitative estimate of drug-likeness (QED) is 0.640. The van der Waals surface area contributed by atoms with Gasteiger partial charge in [0, 0.05) is 6.20 Å². The fraction of sp³-hybridized carbons (Fsp3) is 0.250. The summed E-state index contributed by atoms with van der Waals surface area (Å²) < 4.78 is 0. The minimum atomic E-state index is -0.460. The highest BCUT2D eigenvalue weighted by molar-refractivity contribution is 5.27. The first-order chi connectivity index (χ1) is 5.77. The predicted molar refractivity (Wildman–Crippen MR) is 43.0 cm³/mol. The summed E-state index contributed by atoms with van der Waals surface area (Å²) in [5, 5.41) is 17.1. The molecular formula is C8H9N3O. The van der Waals surface area contributed by atoms with Gasteiger partial charge in [-0.25, -0.2) is 0 Å². The molecule has 0 saturated heterocycles. The molecule has 0 aromatic carbocycles. The van der Waals surface area contributed by atoms with Crippen LogP contribution in [0.15, 0.2) is 18.3 Å². The Morgan fingerprint density at radius 1 is 1.67 bits per heavy atom. The molecule has 0 radical (unpaired) electrons. The third-order valence-corrected chi connectivity index (χ3v) is 1.49. The maximum Gasteiger partial charge on any atom is 0.101 e. The van der Waals surface area contributed by atoms with Crippen LogP contribution in [0.4, 0.5) is 0 Å². The molecular weight excluding hydrogens is 154 g/mol. The molecule has 12 heavy (non-hydrogen) atoms. The highest BCUT2D eigenvalue weighted by Crippen LogP contribution is 2.06. The first-order valence-corrected chi connectivity index (χ1v) is 3.50. The molecule has 4 nitrogen and oxygen atoms in total. The molecule has 0 aliphatic rings. The van der Waals surface area contributed by atoms with Gasteiger partial charge in [-0.1, -0.05) is 0 Å². The van der Waals surface area contributed by atoms with Crippen molar-refractivity contribution in [1.29, 1.82) is 5.26 Å². The van der Waals surface area contributed by atoms with Crippen LogP contribution in [0.1, 0.15) is 17.3 Å². The van der Waals surface area contributed by atoms with E-state index >= 15 is 0 Å². The van der Waals surface area contributed by atoms with Crippen LogP contribution >= 0.6 is 0 Å². The summed E-state index contributed by atoms with van der Waals surface area (Å²) in [5.74, 6) is 0. The lowest BCUT2D eigenvalue weighted by Crippen LogP contribution is -2.15. The SMILES string of the molecule is N#Cc1ccc([C@H](N)CO)nc1. The maximum atomic E-state index is 8.68. The lowest BCUT2D eigenvalue weighted by molar-refractivity contribution is 0.266. The highest BCUT2D eigenvalue weighted by atomic mass is 16.3. The van der Waals surface area contributed by atoms with E-state index in [0.29, 0.717) is 11.3 Å². The van der Waals surface area contributed by atoms with Crippen LogP contribution < -0.4 is 5.73 Å². The summed E-state index contributed by atoms with van der Waals surface area (Å²) in [6, 6.07) is 4.75. The normalized spacial score (nSPS) is 12.1. The van der Waals surface area contributed by atoms with Crippen molar-refractivity contribution in [2.24, 2.45) is 5.73 Å². The molecule has 0 fully saturated rings. The highest BCUT2D eigenvalue weighted by Gasteiger charge is 2.04. The van der Waals surface area contributed by atoms with Gasteiger partial charge < -0.3 is 10.8 Å². The zero-order chi connectivity index (χ0) is 8.97. The first-order valence-electron chi connectivity index (χ1n) is 3.50. The van der Waals surface area contributed by atoms with E-state index in [0.717, 1.165) is 0 Å². The Morgan fingerprint density at radius 3 is 2.83 bits per heavy atom. The molecule has 0 aliphatic heterocycles. The van der Waals surface area contributed by atoms with E-state index in [1.807, 2.05) is 6.07 Å². The number of hydrogen-bond acceptors (Lipinski definition) is 4. The summed E-state index contributed by atoms with van der Waals surface area (Å²) in [5.41, 5.74) is 6.57. The molecule has 1 atom stereocenters. The number of aliphatic hydroxyl groups is 1. The van der Waals surface area contributed by atoms with Crippen LogP contribution in [0.2, 0.25) is 0 Å². The van der Waals surface area contributed by atoms with Gasteiger partial charge >= 0.3 is 0 Å². The van der Waals surface area contributed by atoms with Crippen LogP contribution in [0.25, 0.3) is 0 Å². The summed E-state index contributed by atoms with van der Waals surface area (Å²) in [4.78, 5) is 3.91. The van der Waals surface area contributed by atoms with E-state index in [9.17, 15) is 0 Å². The molecule has 0 aliphatic carbocycles. The first kappa shape index (κ1) is 8.65. The Kier molecular flexibility index (Phi) is 2.75. The van der Waals surface area contributed by atoms with Crippen molar-refractivity contribution < 1.29 is 5.11 Å². The van der Waals surface area contributed by atoms with Gasteiger partial charge in [0.2, 0.25) is 0 Å². The second-order valence-electron chi connectivity index (χ2n) is 2.37. The molecule has 0 spiro atoms. The minimum Gasteiger partial charge on any atom is -0.394 e. The number of aliphatic hydroxyl groups excluding tert-OH is 1. The number of rotatable bonds is 2. The van der Waals surface area contributed by atoms with Crippen molar-refractivity contribution in [3.63, 3.8) is 0 Å². The van der Waals surface area contributed by atoms with E-state index in [1.165, 1.54) is 6.20 Å². The zero-order valence-electron chi connectivity index (χ0n) is 6.44. The van der Waals surface area contributed by atoms with Gasteiger partial charge in [0.05, 0.1) is 23.9 Å². The zero-order valence-corrected chi connectivity index (χ0v) is 6.44. The Hall–Kier alpha value is -1.44. The van der Waals surface area contributed by atoms with Crippen molar-refractivity contribution >= 4 is 0 Å². The van der Waals surface area contributed by atoms with Gasteiger partial charge in [0.1, 0.15) is 6.07 Å². The summed E-state index contributed by atoms with van der Waals surface area (Å²) >= 11 is 0. The minimum absolute atomic E-state index is 0.140. The lowest BCUT2D eigenvalue weighted by atomic mass is 10.2. The summed E-state index contributed by atoms with van der Waals surface area (Å²) in [7, 11) is 0. The average molecular weight is 163 g/mol. The topological polar surface area (TPSA) is 82.9 Å². The molecule has 1 rings (SSSR count). The van der Waals surface area contributed by atoms with Crippen molar-refractivity contribution in [1.82, 2.24) is 4.98 Å². The van der Waals surface area contributed by atoms with Gasteiger partial charge in [0.15, 0.2) is 0 Å². The molecule has 1 aromatic rings. The van der Waals surface area contributed by atoms with Crippen LogP contribution in [-0.2, 0) is 0 Å². The average Bonchev–Trinajstić information content (AvgIpc) is 2.17. The molecule has 1 aromatic heterocycles. The monoisotopic (exact) mass is 163 g/mol. The van der Waals surface area contributed by atoms with Crippen molar-refractivity contribution in [3.05, 3.63) is 29.6 Å². The molecule has 62 valence electrons. The fourth-order valence-corrected chi connectivity index (χ4v) is 0.784. The van der Waals surface area contributed by atoms with E-state index in [4.69, 9.17) is 16.1 Å². The number of nitriles is 1. The molecule has 0 saturated carbocycles. The second-order valence-corrected chi connectivity index (χ2v) is 2.37. The molecule has 0 amide bonds. The number of pyridine rings is 1. The number of hydrogen-bond donors (Lipinski definition) is 2. The Morgan fingerprint density at radius 2 is 2.42 bits per heavy atom. The van der Waals surface area contributed by atoms with Gasteiger partial charge in [-0.2, -0.15) is 5.26 Å². The van der Waals surface area contributed by atoms with Crippen LogP contribution in [0.3, 0.4) is 0 Å². The third kappa shape index (κ3) is 1.78. The van der Waals surface area contributed by atoms with Crippen LogP contribution in [-0.4, -0.2) is 16.7 Å². The van der Waals surface area contributed by atoms with Crippen molar-refractivity contribution in [2.45, 2.75) is 6.04 Å². The molecule has 1 heterocycles. The molecule has 3 N–H and O–H groups in total. The summed E-state index contributed by atoms with van der Waals surface area (Å²) in [6.45, 7) is -0.140. The Bertz CT molecular complexity index is 288. The van der Waals surface area contributed by atoms with Crippen molar-refractivity contribution in [2.75, 3.05) is 6.61 Å². The fourth-order valence-electron chi connectivity index (χ4n) is 0.784. The van der Waals surface area contributed by atoms with Crippen molar-refractivity contribution in [3.8, 4) is 6.07 Å². The third-order valence-electron chi connectivity index (χ3n) is 1.49. The van der Waals surface area contributed by atoms with E-state index in [1.54, 1.807) is 12.1 Å². The van der Waals surface area contributed by atoms with E-state index in [2.05, 4.69) is 4.98 Å². The smallest absolute Gasteiger partial charge is 0.101 e. The largest absolute Gasteiger partial charge is 0.394 e. The molecule has 0 bridgehead atoms. The van der Waals surface area contributed by atoms with E-state index < -0.39 is 6.04 Å². The number of nitrogens with two attached hydrogens (primary N) is 1. The predicted octanol–water partition coefficient (Wildman–Crippen LogP) is -0.0546. The van der Waals surface area contributed by atoms with Crippen LogP contribution in [0, 0.1) is 11.3 Å². The van der Waals surface area contributed by atoms with Gasteiger partial charge in [-0.15, -0.1) is 0 Å².